The largest absolute Gasteiger partial charge is 0.472 e. The van der Waals surface area contributed by atoms with E-state index in [1.807, 2.05) is 38.4 Å². The Morgan fingerprint density at radius 2 is 1.62 bits per heavy atom. The number of carbonyl (C=O) groups is 1. The number of benzene rings is 1. The summed E-state index contributed by atoms with van der Waals surface area (Å²) in [5.41, 5.74) is 1.55. The van der Waals surface area contributed by atoms with Gasteiger partial charge in [0.05, 0.1) is 19.1 Å². The van der Waals surface area contributed by atoms with Gasteiger partial charge in [-0.25, -0.2) is 0 Å². The molecule has 8 heteroatoms. The van der Waals surface area contributed by atoms with Crippen molar-refractivity contribution in [2.24, 2.45) is 0 Å². The molecule has 0 aliphatic heterocycles. The summed E-state index contributed by atoms with van der Waals surface area (Å²) in [5.74, 6) is -0.0536. The summed E-state index contributed by atoms with van der Waals surface area (Å²) in [5, 5.41) is 3.15. The number of likely N-dealkylation sites (N-methyl/N-ethyl adjacent to an activating group) is 1. The molecule has 0 fully saturated rings. The molecule has 0 aliphatic carbocycles. The minimum atomic E-state index is -0.405. The molecule has 0 radical (unpaired) electrons. The Balaban J connectivity index is 1.78. The molecular formula is C21H22N4O4. The molecule has 0 bridgehead atoms. The molecule has 0 saturated heterocycles. The van der Waals surface area contributed by atoms with Gasteiger partial charge < -0.3 is 24.6 Å². The van der Waals surface area contributed by atoms with Crippen LogP contribution < -0.4 is 27.1 Å². The molecule has 2 aromatic heterocycles. The number of rotatable bonds is 6. The first-order valence-electron chi connectivity index (χ1n) is 8.99. The number of nitrogens with one attached hydrogen (secondary N) is 3. The van der Waals surface area contributed by atoms with Gasteiger partial charge in [0.15, 0.2) is 0 Å². The Labute approximate surface area is 166 Å². The normalized spacial score (nSPS) is 12.5. The Bertz CT molecular complexity index is 1200. The van der Waals surface area contributed by atoms with E-state index in [0.29, 0.717) is 18.7 Å². The average Bonchev–Trinajstić information content (AvgIpc) is 3.18. The third-order valence-electron chi connectivity index (χ3n) is 4.08. The average molecular weight is 394 g/mol. The third kappa shape index (κ3) is 5.66. The molecule has 0 unspecified atom stereocenters. The quantitative estimate of drug-likeness (QED) is 0.522. The highest BCUT2D eigenvalue weighted by atomic mass is 16.3. The van der Waals surface area contributed by atoms with Crippen molar-refractivity contribution in [3.05, 3.63) is 91.0 Å². The number of hydrogen-bond donors (Lipinski definition) is 3. The summed E-state index contributed by atoms with van der Waals surface area (Å²) in [4.78, 5) is 43.2. The molecule has 3 rings (SSSR count). The predicted octanol–water partition coefficient (Wildman–Crippen LogP) is -0.508. The van der Waals surface area contributed by atoms with Crippen molar-refractivity contribution in [3.8, 4) is 0 Å². The second kappa shape index (κ2) is 9.03. The number of H-pyrrole nitrogens is 2. The van der Waals surface area contributed by atoms with Crippen molar-refractivity contribution in [1.82, 2.24) is 20.2 Å². The van der Waals surface area contributed by atoms with Gasteiger partial charge >= 0.3 is 0 Å². The summed E-state index contributed by atoms with van der Waals surface area (Å²) in [6.45, 7) is 0.749. The third-order valence-corrected chi connectivity index (χ3v) is 4.08. The first-order chi connectivity index (χ1) is 13.9. The van der Waals surface area contributed by atoms with Crippen molar-refractivity contribution < 1.29 is 9.21 Å². The van der Waals surface area contributed by atoms with Gasteiger partial charge in [-0.1, -0.05) is 24.3 Å². The van der Waals surface area contributed by atoms with Crippen molar-refractivity contribution in [1.29, 1.82) is 0 Å². The van der Waals surface area contributed by atoms with Gasteiger partial charge in [0.25, 0.3) is 11.1 Å². The molecular weight excluding hydrogens is 372 g/mol. The Kier molecular flexibility index (Phi) is 6.25. The Morgan fingerprint density at radius 1 is 1.00 bits per heavy atom. The van der Waals surface area contributed by atoms with Crippen LogP contribution in [-0.2, 0) is 11.3 Å². The van der Waals surface area contributed by atoms with E-state index in [9.17, 15) is 14.4 Å². The summed E-state index contributed by atoms with van der Waals surface area (Å²) in [6.07, 6.45) is 6.09. The molecule has 3 aromatic rings. The SMILES string of the molecule is CN(C)CC(=O)NCc1ccc(/C=c2\[nH]c(=O)/c(=C/c3ccoc3)[nH]c2=O)cc1. The van der Waals surface area contributed by atoms with Crippen LogP contribution in [0.1, 0.15) is 16.7 Å². The lowest BCUT2D eigenvalue weighted by atomic mass is 10.1. The summed E-state index contributed by atoms with van der Waals surface area (Å²) >= 11 is 0. The molecule has 2 heterocycles. The van der Waals surface area contributed by atoms with Crippen LogP contribution in [-0.4, -0.2) is 41.4 Å². The first kappa shape index (κ1) is 20.1. The van der Waals surface area contributed by atoms with E-state index in [-0.39, 0.29) is 16.6 Å². The second-order valence-corrected chi connectivity index (χ2v) is 6.84. The van der Waals surface area contributed by atoms with E-state index >= 15 is 0 Å². The highest BCUT2D eigenvalue weighted by Gasteiger charge is 2.03. The van der Waals surface area contributed by atoms with E-state index < -0.39 is 11.1 Å². The maximum atomic E-state index is 12.3. The second-order valence-electron chi connectivity index (χ2n) is 6.84. The van der Waals surface area contributed by atoms with Crippen LogP contribution in [0, 0.1) is 0 Å². The maximum Gasteiger partial charge on any atom is 0.272 e. The van der Waals surface area contributed by atoms with Crippen molar-refractivity contribution in [3.63, 3.8) is 0 Å². The lowest BCUT2D eigenvalue weighted by Gasteiger charge is -2.10. The highest BCUT2D eigenvalue weighted by molar-refractivity contribution is 5.77. The van der Waals surface area contributed by atoms with E-state index in [1.54, 1.807) is 17.0 Å². The zero-order chi connectivity index (χ0) is 20.8. The van der Waals surface area contributed by atoms with Crippen molar-refractivity contribution in [2.45, 2.75) is 6.54 Å². The van der Waals surface area contributed by atoms with Crippen molar-refractivity contribution >= 4 is 18.1 Å². The smallest absolute Gasteiger partial charge is 0.272 e. The summed E-state index contributed by atoms with van der Waals surface area (Å²) in [7, 11) is 3.66. The first-order valence-corrected chi connectivity index (χ1v) is 8.99. The van der Waals surface area contributed by atoms with Crippen LogP contribution in [0.3, 0.4) is 0 Å². The van der Waals surface area contributed by atoms with Crippen molar-refractivity contribution in [2.75, 3.05) is 20.6 Å². The fourth-order valence-electron chi connectivity index (χ4n) is 2.66. The van der Waals surface area contributed by atoms with Gasteiger partial charge in [-0.3, -0.25) is 14.4 Å². The predicted molar refractivity (Wildman–Crippen MR) is 110 cm³/mol. The molecule has 29 heavy (non-hydrogen) atoms. The van der Waals surface area contributed by atoms with Crippen LogP contribution >= 0.6 is 0 Å². The number of nitrogens with zero attached hydrogens (tertiary/aromatic N) is 1. The highest BCUT2D eigenvalue weighted by Crippen LogP contribution is 2.04. The zero-order valence-corrected chi connectivity index (χ0v) is 16.2. The number of hydrogen-bond acceptors (Lipinski definition) is 5. The zero-order valence-electron chi connectivity index (χ0n) is 16.2. The minimum Gasteiger partial charge on any atom is -0.472 e. The molecule has 0 spiro atoms. The molecule has 0 aliphatic rings. The number of aromatic nitrogens is 2. The van der Waals surface area contributed by atoms with E-state index in [1.165, 1.54) is 18.6 Å². The number of amides is 1. The Hall–Kier alpha value is -3.65. The lowest BCUT2D eigenvalue weighted by Crippen LogP contribution is -2.46. The molecule has 8 nitrogen and oxygen atoms in total. The van der Waals surface area contributed by atoms with E-state index in [0.717, 1.165) is 11.1 Å². The van der Waals surface area contributed by atoms with Gasteiger partial charge in [0, 0.05) is 12.1 Å². The number of carbonyl (C=O) groups excluding carboxylic acids is 1. The van der Waals surface area contributed by atoms with Gasteiger partial charge in [-0.05, 0) is 43.4 Å². The van der Waals surface area contributed by atoms with Gasteiger partial charge in [0.1, 0.15) is 10.7 Å². The van der Waals surface area contributed by atoms with Crippen LogP contribution in [0.5, 0.6) is 0 Å². The van der Waals surface area contributed by atoms with Gasteiger partial charge in [-0.15, -0.1) is 0 Å². The van der Waals surface area contributed by atoms with Crippen LogP contribution in [0.15, 0.2) is 56.9 Å². The molecule has 150 valence electrons. The molecule has 0 atom stereocenters. The summed E-state index contributed by atoms with van der Waals surface area (Å²) < 4.78 is 4.95. The monoisotopic (exact) mass is 394 g/mol. The fourth-order valence-corrected chi connectivity index (χ4v) is 2.66. The molecule has 1 aromatic carbocycles. The standard InChI is InChI=1S/C21H22N4O4/c1-25(2)12-19(26)22-11-15-5-3-14(4-6-15)9-17-20(27)24-18(21(28)23-17)10-16-7-8-29-13-16/h3-10,13H,11-12H2,1-2H3,(H,22,26)(H,23,28)(H,24,27)/b17-9-,18-10-. The molecule has 0 saturated carbocycles. The van der Waals surface area contributed by atoms with Gasteiger partial charge in [0.2, 0.25) is 5.91 Å². The topological polar surface area (TPSA) is 111 Å². The molecule has 3 N–H and O–H groups in total. The van der Waals surface area contributed by atoms with Gasteiger partial charge in [-0.2, -0.15) is 0 Å². The fraction of sp³-hybridized carbons (Fsp3) is 0.190. The Morgan fingerprint density at radius 3 is 2.17 bits per heavy atom. The van der Waals surface area contributed by atoms with Crippen LogP contribution in [0.4, 0.5) is 0 Å². The van der Waals surface area contributed by atoms with E-state index in [2.05, 4.69) is 15.3 Å². The number of furan rings is 1. The van der Waals surface area contributed by atoms with Crippen LogP contribution in [0.2, 0.25) is 0 Å². The van der Waals surface area contributed by atoms with E-state index in [4.69, 9.17) is 4.42 Å². The number of aromatic amines is 2. The van der Waals surface area contributed by atoms with Crippen LogP contribution in [0.25, 0.3) is 12.2 Å². The molecule has 1 amide bonds. The lowest BCUT2D eigenvalue weighted by molar-refractivity contribution is -0.121. The maximum absolute atomic E-state index is 12.3. The summed E-state index contributed by atoms with van der Waals surface area (Å²) in [6, 6.07) is 9.03. The minimum absolute atomic E-state index is 0.0536.